The quantitative estimate of drug-likeness (QED) is 0.588. The average molecular weight is 205 g/mol. The van der Waals surface area contributed by atoms with Gasteiger partial charge >= 0.3 is 0 Å². The fourth-order valence-electron chi connectivity index (χ4n) is 0.958. The van der Waals surface area contributed by atoms with Gasteiger partial charge in [0, 0.05) is 11.8 Å². The topological polar surface area (TPSA) is 45.1 Å². The van der Waals surface area contributed by atoms with Gasteiger partial charge in [-0.05, 0) is 26.8 Å². The van der Waals surface area contributed by atoms with Gasteiger partial charge in [-0.25, -0.2) is 0 Å². The van der Waals surface area contributed by atoms with Crippen LogP contribution in [-0.2, 0) is 4.74 Å². The molecule has 0 aliphatic carbocycles. The first-order chi connectivity index (χ1) is 6.97. The number of hydrogen-bond donors (Lipinski definition) is 2. The van der Waals surface area contributed by atoms with Crippen molar-refractivity contribution in [1.82, 2.24) is 0 Å². The Balaban J connectivity index is 2.38. The smallest absolute Gasteiger partial charge is 0.124 e. The van der Waals surface area contributed by atoms with Crippen LogP contribution in [0.25, 0.3) is 0 Å². The van der Waals surface area contributed by atoms with Crippen molar-refractivity contribution in [1.29, 1.82) is 5.41 Å². The Labute approximate surface area is 91.0 Å². The third-order valence-corrected chi connectivity index (χ3v) is 1.64. The largest absolute Gasteiger partial charge is 0.368 e. The Morgan fingerprint density at radius 3 is 2.73 bits per heavy atom. The highest BCUT2D eigenvalue weighted by Crippen LogP contribution is 2.07. The number of nitrogens with one attached hydrogen (secondary N) is 2. The van der Waals surface area contributed by atoms with Crippen LogP contribution in [0.15, 0.2) is 24.3 Å². The predicted octanol–water partition coefficient (Wildman–Crippen LogP) is 2.69. The van der Waals surface area contributed by atoms with Gasteiger partial charge in [-0.15, -0.1) is 0 Å². The highest BCUT2D eigenvalue weighted by molar-refractivity contribution is 5.93. The zero-order chi connectivity index (χ0) is 11.3. The van der Waals surface area contributed by atoms with Crippen molar-refractivity contribution in [3.05, 3.63) is 30.3 Å². The third kappa shape index (κ3) is 5.18. The Hall–Kier alpha value is -1.35. The molecule has 1 rings (SSSR count). The summed E-state index contributed by atoms with van der Waals surface area (Å²) in [6, 6.07) is 10.5. The van der Waals surface area contributed by atoms with Crippen molar-refractivity contribution >= 4 is 11.5 Å². The summed E-state index contributed by atoms with van der Waals surface area (Å²) in [4.78, 5) is 0. The lowest BCUT2D eigenvalue weighted by atomic mass is 10.2. The molecule has 1 aromatic carbocycles. The molecule has 1 radical (unpaired) electrons. The van der Waals surface area contributed by atoms with Crippen LogP contribution in [0.3, 0.4) is 0 Å². The van der Waals surface area contributed by atoms with E-state index in [4.69, 9.17) is 10.1 Å². The Kier molecular flexibility index (Phi) is 3.86. The van der Waals surface area contributed by atoms with Crippen LogP contribution in [-0.4, -0.2) is 18.0 Å². The van der Waals surface area contributed by atoms with Crippen molar-refractivity contribution in [2.24, 2.45) is 0 Å². The fraction of sp³-hybridized carbons (Fsp3) is 0.417. The standard InChI is InChI=1S/C12H17N2O/c1-12(2,3)15-9-11(13)14-10-7-5-4-6-8-10/h4-7H,9H2,1-3H3,(H2,13,14). The normalized spacial score (nSPS) is 11.1. The maximum absolute atomic E-state index is 7.65. The summed E-state index contributed by atoms with van der Waals surface area (Å²) >= 11 is 0. The summed E-state index contributed by atoms with van der Waals surface area (Å²) in [5.74, 6) is 0.340. The second kappa shape index (κ2) is 4.94. The summed E-state index contributed by atoms with van der Waals surface area (Å²) in [5, 5.41) is 10.6. The van der Waals surface area contributed by atoms with Gasteiger partial charge in [-0.3, -0.25) is 5.41 Å². The van der Waals surface area contributed by atoms with Crippen molar-refractivity contribution < 1.29 is 4.74 Å². The summed E-state index contributed by atoms with van der Waals surface area (Å²) in [7, 11) is 0. The zero-order valence-corrected chi connectivity index (χ0v) is 9.42. The van der Waals surface area contributed by atoms with Crippen molar-refractivity contribution in [2.75, 3.05) is 11.9 Å². The Morgan fingerprint density at radius 2 is 2.20 bits per heavy atom. The third-order valence-electron chi connectivity index (χ3n) is 1.64. The maximum atomic E-state index is 7.65. The van der Waals surface area contributed by atoms with E-state index in [0.29, 0.717) is 5.84 Å². The SMILES string of the molecule is CC(C)(C)OCC(=N)Nc1[c]cccc1. The number of hydrogen-bond acceptors (Lipinski definition) is 2. The van der Waals surface area contributed by atoms with E-state index in [1.54, 1.807) is 6.07 Å². The second-order valence-electron chi connectivity index (χ2n) is 4.28. The molecule has 0 unspecified atom stereocenters. The molecule has 0 spiro atoms. The number of rotatable bonds is 3. The molecule has 0 aliphatic heterocycles. The molecule has 15 heavy (non-hydrogen) atoms. The summed E-state index contributed by atoms with van der Waals surface area (Å²) in [6.07, 6.45) is 0. The molecule has 0 aliphatic rings. The molecule has 81 valence electrons. The van der Waals surface area contributed by atoms with Gasteiger partial charge in [0.1, 0.15) is 12.4 Å². The number of anilines is 1. The van der Waals surface area contributed by atoms with Gasteiger partial charge in [-0.1, -0.05) is 18.2 Å². The molecule has 0 fully saturated rings. The fourth-order valence-corrected chi connectivity index (χ4v) is 0.958. The maximum Gasteiger partial charge on any atom is 0.124 e. The van der Waals surface area contributed by atoms with Gasteiger partial charge in [0.05, 0.1) is 5.60 Å². The lowest BCUT2D eigenvalue weighted by molar-refractivity contribution is 0.0211. The van der Waals surface area contributed by atoms with Gasteiger partial charge in [0.15, 0.2) is 0 Å². The van der Waals surface area contributed by atoms with Crippen LogP contribution < -0.4 is 5.32 Å². The van der Waals surface area contributed by atoms with E-state index in [0.717, 1.165) is 5.69 Å². The van der Waals surface area contributed by atoms with E-state index >= 15 is 0 Å². The minimum Gasteiger partial charge on any atom is -0.368 e. The van der Waals surface area contributed by atoms with E-state index in [1.165, 1.54) is 0 Å². The molecule has 0 heterocycles. The Bertz CT molecular complexity index is 314. The lowest BCUT2D eigenvalue weighted by Gasteiger charge is -2.20. The van der Waals surface area contributed by atoms with E-state index < -0.39 is 0 Å². The van der Waals surface area contributed by atoms with E-state index in [2.05, 4.69) is 11.4 Å². The van der Waals surface area contributed by atoms with E-state index in [-0.39, 0.29) is 12.2 Å². The first-order valence-electron chi connectivity index (χ1n) is 4.92. The molecule has 0 saturated heterocycles. The molecule has 0 saturated carbocycles. The molecular weight excluding hydrogens is 188 g/mol. The van der Waals surface area contributed by atoms with Gasteiger partial charge in [-0.2, -0.15) is 0 Å². The molecule has 0 bridgehead atoms. The summed E-state index contributed by atoms with van der Waals surface area (Å²) in [5.41, 5.74) is 0.578. The van der Waals surface area contributed by atoms with Crippen LogP contribution in [0.1, 0.15) is 20.8 Å². The molecule has 3 nitrogen and oxygen atoms in total. The zero-order valence-electron chi connectivity index (χ0n) is 9.42. The first kappa shape index (κ1) is 11.7. The second-order valence-corrected chi connectivity index (χ2v) is 4.28. The highest BCUT2D eigenvalue weighted by atomic mass is 16.5. The van der Waals surface area contributed by atoms with E-state index in [1.807, 2.05) is 39.0 Å². The number of amidine groups is 1. The van der Waals surface area contributed by atoms with Crippen LogP contribution in [0.2, 0.25) is 0 Å². The number of para-hydroxylation sites is 1. The highest BCUT2D eigenvalue weighted by Gasteiger charge is 2.10. The Morgan fingerprint density at radius 1 is 1.47 bits per heavy atom. The molecule has 0 atom stereocenters. The molecule has 2 N–H and O–H groups in total. The molecule has 0 aromatic heterocycles. The predicted molar refractivity (Wildman–Crippen MR) is 62.3 cm³/mol. The van der Waals surface area contributed by atoms with Crippen LogP contribution in [0.4, 0.5) is 5.69 Å². The molecule has 0 amide bonds. The molecular formula is C12H17N2O. The minimum atomic E-state index is -0.214. The summed E-state index contributed by atoms with van der Waals surface area (Å²) in [6.45, 7) is 6.19. The van der Waals surface area contributed by atoms with Crippen LogP contribution in [0, 0.1) is 11.5 Å². The van der Waals surface area contributed by atoms with Gasteiger partial charge in [0.2, 0.25) is 0 Å². The van der Waals surface area contributed by atoms with E-state index in [9.17, 15) is 0 Å². The molecule has 3 heteroatoms. The van der Waals surface area contributed by atoms with Crippen molar-refractivity contribution in [3.63, 3.8) is 0 Å². The van der Waals surface area contributed by atoms with Gasteiger partial charge < -0.3 is 10.1 Å². The van der Waals surface area contributed by atoms with Crippen molar-refractivity contribution in [3.8, 4) is 0 Å². The van der Waals surface area contributed by atoms with Crippen LogP contribution >= 0.6 is 0 Å². The first-order valence-corrected chi connectivity index (χ1v) is 4.92. The number of benzene rings is 1. The number of ether oxygens (including phenoxy) is 1. The molecule has 1 aromatic rings. The minimum absolute atomic E-state index is 0.214. The lowest BCUT2D eigenvalue weighted by Crippen LogP contribution is -2.26. The van der Waals surface area contributed by atoms with Crippen LogP contribution in [0.5, 0.6) is 0 Å². The average Bonchev–Trinajstić information content (AvgIpc) is 2.15. The van der Waals surface area contributed by atoms with Crippen molar-refractivity contribution in [2.45, 2.75) is 26.4 Å². The van der Waals surface area contributed by atoms with Gasteiger partial charge in [0.25, 0.3) is 0 Å². The monoisotopic (exact) mass is 205 g/mol. The summed E-state index contributed by atoms with van der Waals surface area (Å²) < 4.78 is 5.46.